The van der Waals surface area contributed by atoms with E-state index in [1.54, 1.807) is 24.3 Å². The first kappa shape index (κ1) is 22.9. The summed E-state index contributed by atoms with van der Waals surface area (Å²) in [4.78, 5) is 27.8. The molecule has 0 radical (unpaired) electrons. The summed E-state index contributed by atoms with van der Waals surface area (Å²) in [5.74, 6) is -0.464. The van der Waals surface area contributed by atoms with Crippen LogP contribution in [0.3, 0.4) is 0 Å². The molecule has 1 aliphatic heterocycles. The highest BCUT2D eigenvalue weighted by molar-refractivity contribution is 8.24. The Balaban J connectivity index is 1.89. The molecule has 10 heteroatoms. The summed E-state index contributed by atoms with van der Waals surface area (Å²) in [5, 5.41) is 0. The van der Waals surface area contributed by atoms with Crippen molar-refractivity contribution in [3.05, 3.63) is 59.4 Å². The summed E-state index contributed by atoms with van der Waals surface area (Å²) < 4.78 is 44.2. The number of amides is 2. The van der Waals surface area contributed by atoms with Crippen molar-refractivity contribution in [1.29, 1.82) is 0 Å². The fraction of sp³-hybridized carbons (Fsp3) is 0.333. The van der Waals surface area contributed by atoms with Gasteiger partial charge in [0.1, 0.15) is 11.6 Å². The number of urea groups is 1. The number of carbonyl (C=O) groups excluding carboxylic acids is 2. The third-order valence-corrected chi connectivity index (χ3v) is 6.74. The van der Waals surface area contributed by atoms with E-state index in [-0.39, 0.29) is 48.3 Å². The van der Waals surface area contributed by atoms with Gasteiger partial charge in [-0.05, 0) is 36.4 Å². The maximum absolute atomic E-state index is 14.7. The van der Waals surface area contributed by atoms with Crippen molar-refractivity contribution >= 4 is 28.3 Å². The smallest absolute Gasteiger partial charge is 0.337 e. The van der Waals surface area contributed by atoms with Crippen molar-refractivity contribution in [1.82, 2.24) is 4.90 Å². The summed E-state index contributed by atoms with van der Waals surface area (Å²) in [6, 6.07) is 10.3. The van der Waals surface area contributed by atoms with Crippen LogP contribution >= 0.6 is 10.6 Å². The topological polar surface area (TPSA) is 99.5 Å². The molecule has 0 bridgehead atoms. The molecular weight excluding hydrogens is 427 g/mol. The molecule has 1 heterocycles. The number of hydrogen-bond donors (Lipinski definition) is 2. The first-order chi connectivity index (χ1) is 14.7. The Morgan fingerprint density at radius 3 is 2.29 bits per heavy atom. The van der Waals surface area contributed by atoms with E-state index in [4.69, 9.17) is 4.74 Å². The summed E-state index contributed by atoms with van der Waals surface area (Å²) in [6.07, 6.45) is 0. The fourth-order valence-corrected chi connectivity index (χ4v) is 4.44. The predicted molar refractivity (Wildman–Crippen MR) is 116 cm³/mol. The van der Waals surface area contributed by atoms with Crippen molar-refractivity contribution in [2.45, 2.75) is 6.54 Å². The second-order valence-electron chi connectivity index (χ2n) is 7.06. The molecular formula is C21H25FN2O6S. The maximum Gasteiger partial charge on any atom is 0.337 e. The van der Waals surface area contributed by atoms with Crippen molar-refractivity contribution in [3.63, 3.8) is 0 Å². The molecule has 1 saturated heterocycles. The molecule has 2 aromatic rings. The van der Waals surface area contributed by atoms with Crippen LogP contribution in [0.2, 0.25) is 0 Å². The lowest BCUT2D eigenvalue weighted by Crippen LogP contribution is -2.48. The van der Waals surface area contributed by atoms with E-state index in [2.05, 4.69) is 4.74 Å². The standard InChI is InChI=1S/C21H25FN2O6S/c1-29-18-7-5-17(6-8-18)24(21(26)23-9-11-31(27,28)12-10-23)14-16-4-3-15(13-19(16)22)20(25)30-2/h3-8,13,27-28H,9-12,14H2,1-2H3. The van der Waals surface area contributed by atoms with E-state index in [1.165, 1.54) is 36.2 Å². The Hall–Kier alpha value is -2.82. The Morgan fingerprint density at radius 2 is 1.74 bits per heavy atom. The normalized spacial score (nSPS) is 16.4. The molecule has 0 unspecified atom stereocenters. The van der Waals surface area contributed by atoms with E-state index in [0.29, 0.717) is 11.4 Å². The Labute approximate surface area is 181 Å². The summed E-state index contributed by atoms with van der Waals surface area (Å²) in [6.45, 7) is 0.306. The SMILES string of the molecule is COC(=O)c1ccc(CN(C(=O)N2CCS(O)(O)CC2)c2ccc(OC)cc2)c(F)c1. The highest BCUT2D eigenvalue weighted by Gasteiger charge is 2.29. The number of ether oxygens (including phenoxy) is 2. The molecule has 1 aliphatic rings. The quantitative estimate of drug-likeness (QED) is 0.670. The van der Waals surface area contributed by atoms with Gasteiger partial charge in [-0.3, -0.25) is 14.0 Å². The summed E-state index contributed by atoms with van der Waals surface area (Å²) in [5.41, 5.74) is 0.824. The van der Waals surface area contributed by atoms with E-state index < -0.39 is 22.4 Å². The van der Waals surface area contributed by atoms with Crippen molar-refractivity contribution in [2.24, 2.45) is 0 Å². The molecule has 31 heavy (non-hydrogen) atoms. The Bertz CT molecular complexity index is 943. The van der Waals surface area contributed by atoms with Crippen LogP contribution in [-0.2, 0) is 11.3 Å². The number of methoxy groups -OCH3 is 2. The van der Waals surface area contributed by atoms with Gasteiger partial charge in [-0.1, -0.05) is 6.07 Å². The molecule has 2 amide bonds. The number of halogens is 1. The number of carbonyl (C=O) groups is 2. The summed E-state index contributed by atoms with van der Waals surface area (Å²) >= 11 is 0. The minimum Gasteiger partial charge on any atom is -0.497 e. The zero-order valence-electron chi connectivity index (χ0n) is 17.3. The second-order valence-corrected chi connectivity index (χ2v) is 9.48. The predicted octanol–water partition coefficient (Wildman–Crippen LogP) is 3.81. The molecule has 8 nitrogen and oxygen atoms in total. The summed E-state index contributed by atoms with van der Waals surface area (Å²) in [7, 11) is 0.0820. The van der Waals surface area contributed by atoms with Gasteiger partial charge in [-0.2, -0.15) is 10.6 Å². The molecule has 0 spiro atoms. The first-order valence-electron chi connectivity index (χ1n) is 9.55. The lowest BCUT2D eigenvalue weighted by molar-refractivity contribution is 0.0600. The Morgan fingerprint density at radius 1 is 1.10 bits per heavy atom. The number of anilines is 1. The highest BCUT2D eigenvalue weighted by Crippen LogP contribution is 2.40. The van der Waals surface area contributed by atoms with Gasteiger partial charge in [0.25, 0.3) is 0 Å². The van der Waals surface area contributed by atoms with Gasteiger partial charge in [0.15, 0.2) is 0 Å². The number of benzene rings is 2. The first-order valence-corrected chi connectivity index (χ1v) is 11.4. The molecule has 2 N–H and O–H groups in total. The molecule has 2 aromatic carbocycles. The Kier molecular flexibility index (Phi) is 7.04. The van der Waals surface area contributed by atoms with Crippen LogP contribution in [0, 0.1) is 5.82 Å². The number of rotatable bonds is 5. The van der Waals surface area contributed by atoms with E-state index in [1.807, 2.05) is 0 Å². The van der Waals surface area contributed by atoms with E-state index in [0.717, 1.165) is 6.07 Å². The highest BCUT2D eigenvalue weighted by atomic mass is 32.3. The van der Waals surface area contributed by atoms with E-state index >= 15 is 0 Å². The van der Waals surface area contributed by atoms with E-state index in [9.17, 15) is 23.1 Å². The van der Waals surface area contributed by atoms with Crippen LogP contribution in [0.1, 0.15) is 15.9 Å². The molecule has 3 rings (SSSR count). The number of nitrogens with zero attached hydrogens (tertiary/aromatic N) is 2. The van der Waals surface area contributed by atoms with Crippen molar-refractivity contribution < 1.29 is 32.6 Å². The van der Waals surface area contributed by atoms with Gasteiger partial charge in [0.05, 0.1) is 37.8 Å². The van der Waals surface area contributed by atoms with Crippen LogP contribution < -0.4 is 9.64 Å². The maximum atomic E-state index is 14.7. The van der Waals surface area contributed by atoms with Crippen LogP contribution in [0.25, 0.3) is 0 Å². The molecule has 0 aromatic heterocycles. The average molecular weight is 453 g/mol. The van der Waals surface area contributed by atoms with Crippen molar-refractivity contribution in [2.75, 3.05) is 43.7 Å². The van der Waals surface area contributed by atoms with Gasteiger partial charge in [-0.15, -0.1) is 0 Å². The third kappa shape index (κ3) is 5.46. The molecule has 0 atom stereocenters. The molecule has 168 valence electrons. The largest absolute Gasteiger partial charge is 0.497 e. The minimum atomic E-state index is -2.66. The van der Waals surface area contributed by atoms with Gasteiger partial charge in [-0.25, -0.2) is 14.0 Å². The van der Waals surface area contributed by atoms with Gasteiger partial charge < -0.3 is 14.4 Å². The molecule has 0 aliphatic carbocycles. The number of esters is 1. The monoisotopic (exact) mass is 452 g/mol. The van der Waals surface area contributed by atoms with Crippen molar-refractivity contribution in [3.8, 4) is 5.75 Å². The average Bonchev–Trinajstić information content (AvgIpc) is 2.77. The van der Waals surface area contributed by atoms with Crippen LogP contribution in [0.4, 0.5) is 14.9 Å². The van der Waals surface area contributed by atoms with Crippen LogP contribution in [-0.4, -0.2) is 64.8 Å². The molecule has 0 saturated carbocycles. The lowest BCUT2D eigenvalue weighted by Gasteiger charge is -2.42. The van der Waals surface area contributed by atoms with Gasteiger partial charge in [0, 0.05) is 24.3 Å². The lowest BCUT2D eigenvalue weighted by atomic mass is 10.1. The third-order valence-electron chi connectivity index (χ3n) is 5.06. The zero-order valence-corrected chi connectivity index (χ0v) is 18.1. The molecule has 1 fully saturated rings. The van der Waals surface area contributed by atoms with Gasteiger partial charge in [0.2, 0.25) is 0 Å². The van der Waals surface area contributed by atoms with Crippen LogP contribution in [0.15, 0.2) is 42.5 Å². The number of hydrogen-bond acceptors (Lipinski definition) is 6. The second kappa shape index (κ2) is 9.54. The van der Waals surface area contributed by atoms with Gasteiger partial charge >= 0.3 is 12.0 Å². The van der Waals surface area contributed by atoms with Crippen LogP contribution in [0.5, 0.6) is 5.75 Å². The zero-order chi connectivity index (χ0) is 22.6. The minimum absolute atomic E-state index is 0.0762. The fourth-order valence-electron chi connectivity index (χ4n) is 3.21.